The van der Waals surface area contributed by atoms with Gasteiger partial charge in [0.15, 0.2) is 0 Å². The normalized spacial score (nSPS) is 14.9. The van der Waals surface area contributed by atoms with E-state index in [1.165, 1.54) is 26.0 Å². The Balaban J connectivity index is 2.32. The van der Waals surface area contributed by atoms with E-state index in [4.69, 9.17) is 4.84 Å². The van der Waals surface area contributed by atoms with E-state index in [9.17, 15) is 19.5 Å². The third kappa shape index (κ3) is 1.76. The Bertz CT molecular complexity index is 514. The van der Waals surface area contributed by atoms with Gasteiger partial charge in [-0.25, -0.2) is 0 Å². The number of imide groups is 1. The quantitative estimate of drug-likeness (QED) is 0.688. The van der Waals surface area contributed by atoms with Crippen molar-refractivity contribution in [3.63, 3.8) is 0 Å². The number of rotatable bonds is 3. The van der Waals surface area contributed by atoms with Crippen LogP contribution >= 0.6 is 0 Å². The summed E-state index contributed by atoms with van der Waals surface area (Å²) in [4.78, 5) is 39.5. The van der Waals surface area contributed by atoms with Gasteiger partial charge in [-0.1, -0.05) is 12.1 Å². The highest BCUT2D eigenvalue weighted by molar-refractivity contribution is 6.20. The first kappa shape index (κ1) is 12.3. The van der Waals surface area contributed by atoms with Gasteiger partial charge in [0, 0.05) is 0 Å². The maximum atomic E-state index is 11.9. The summed E-state index contributed by atoms with van der Waals surface area (Å²) in [6.45, 7) is 2.40. The molecule has 0 aromatic heterocycles. The van der Waals surface area contributed by atoms with Crippen LogP contribution in [0.1, 0.15) is 34.6 Å². The molecule has 0 atom stereocenters. The third-order valence-corrected chi connectivity index (χ3v) is 2.57. The number of carbonyl (C=O) groups excluding carboxylic acids is 3. The second kappa shape index (κ2) is 3.92. The summed E-state index contributed by atoms with van der Waals surface area (Å²) in [6, 6.07) is 6.17. The summed E-state index contributed by atoms with van der Waals surface area (Å²) in [6.07, 6.45) is 0. The summed E-state index contributed by atoms with van der Waals surface area (Å²) in [5.41, 5.74) is -1.39. The molecule has 18 heavy (non-hydrogen) atoms. The van der Waals surface area contributed by atoms with Crippen LogP contribution in [0, 0.1) is 0 Å². The fourth-order valence-corrected chi connectivity index (χ4v) is 1.52. The van der Waals surface area contributed by atoms with E-state index in [0.717, 1.165) is 0 Å². The predicted octanol–water partition coefficient (Wildman–Crippen LogP) is -0.257. The van der Waals surface area contributed by atoms with Crippen molar-refractivity contribution in [3.05, 3.63) is 35.4 Å². The van der Waals surface area contributed by atoms with Crippen LogP contribution in [0.2, 0.25) is 0 Å². The number of hydroxylamine groups is 2. The van der Waals surface area contributed by atoms with Crippen LogP contribution in [0.3, 0.4) is 0 Å². The molecular weight excluding hydrogens is 238 g/mol. The zero-order chi connectivity index (χ0) is 13.5. The van der Waals surface area contributed by atoms with E-state index in [2.05, 4.69) is 0 Å². The molecule has 6 nitrogen and oxygen atoms in total. The summed E-state index contributed by atoms with van der Waals surface area (Å²) >= 11 is 0. The first-order chi connectivity index (χ1) is 8.34. The van der Waals surface area contributed by atoms with Crippen molar-refractivity contribution in [1.82, 2.24) is 5.06 Å². The molecule has 1 aromatic rings. The van der Waals surface area contributed by atoms with Gasteiger partial charge >= 0.3 is 0 Å². The number of amides is 2. The molecule has 0 bridgehead atoms. The summed E-state index contributed by atoms with van der Waals surface area (Å²) < 4.78 is 0. The van der Waals surface area contributed by atoms with Crippen molar-refractivity contribution in [2.75, 3.05) is 0 Å². The summed E-state index contributed by atoms with van der Waals surface area (Å²) in [5.74, 6) is -2.87. The molecule has 6 heteroatoms. The highest BCUT2D eigenvalue weighted by atomic mass is 16.7. The van der Waals surface area contributed by atoms with Crippen molar-refractivity contribution in [2.24, 2.45) is 0 Å². The monoisotopic (exact) mass is 248 g/mol. The molecule has 0 N–H and O–H groups in total. The lowest BCUT2D eigenvalue weighted by Crippen LogP contribution is -2.50. The highest BCUT2D eigenvalue weighted by Crippen LogP contribution is 2.25. The van der Waals surface area contributed by atoms with Gasteiger partial charge in [0.2, 0.25) is 0 Å². The van der Waals surface area contributed by atoms with Gasteiger partial charge in [0.1, 0.15) is 5.60 Å². The molecule has 0 aliphatic carbocycles. The number of fused-ring (bicyclic) bond motifs is 1. The van der Waals surface area contributed by atoms with Gasteiger partial charge in [-0.15, -0.1) is 5.06 Å². The van der Waals surface area contributed by atoms with Gasteiger partial charge in [0.25, 0.3) is 11.8 Å². The molecular formula is C12H10NO5-. The Labute approximate surface area is 103 Å². The van der Waals surface area contributed by atoms with Crippen LogP contribution in [0.4, 0.5) is 0 Å². The van der Waals surface area contributed by atoms with Crippen molar-refractivity contribution in [2.45, 2.75) is 19.4 Å². The van der Waals surface area contributed by atoms with Gasteiger partial charge < -0.3 is 9.90 Å². The molecule has 2 amide bonds. The molecule has 0 radical (unpaired) electrons. The summed E-state index contributed by atoms with van der Waals surface area (Å²) in [7, 11) is 0. The number of nitrogens with zero attached hydrogens (tertiary/aromatic N) is 1. The zero-order valence-corrected chi connectivity index (χ0v) is 9.80. The van der Waals surface area contributed by atoms with Crippen LogP contribution in [-0.2, 0) is 9.63 Å². The van der Waals surface area contributed by atoms with Gasteiger partial charge in [-0.3, -0.25) is 14.4 Å². The number of carboxylic acids is 1. The Morgan fingerprint density at radius 2 is 1.61 bits per heavy atom. The minimum absolute atomic E-state index is 0.191. The van der Waals surface area contributed by atoms with Crippen LogP contribution in [0.15, 0.2) is 24.3 Å². The lowest BCUT2D eigenvalue weighted by Gasteiger charge is -2.29. The fourth-order valence-electron chi connectivity index (χ4n) is 1.52. The van der Waals surface area contributed by atoms with Gasteiger partial charge in [-0.2, -0.15) is 0 Å². The Morgan fingerprint density at radius 1 is 1.17 bits per heavy atom. The molecule has 2 rings (SSSR count). The van der Waals surface area contributed by atoms with E-state index in [1.54, 1.807) is 12.1 Å². The van der Waals surface area contributed by atoms with Crippen molar-refractivity contribution >= 4 is 17.8 Å². The Morgan fingerprint density at radius 3 is 2.00 bits per heavy atom. The largest absolute Gasteiger partial charge is 0.547 e. The van der Waals surface area contributed by atoms with Crippen LogP contribution in [-0.4, -0.2) is 28.4 Å². The lowest BCUT2D eigenvalue weighted by atomic mass is 10.1. The third-order valence-electron chi connectivity index (χ3n) is 2.57. The minimum Gasteiger partial charge on any atom is -0.547 e. The molecule has 0 unspecified atom stereocenters. The molecule has 0 fully saturated rings. The first-order valence-electron chi connectivity index (χ1n) is 5.23. The molecule has 1 aliphatic heterocycles. The van der Waals surface area contributed by atoms with Crippen LogP contribution in [0.5, 0.6) is 0 Å². The maximum Gasteiger partial charge on any atom is 0.285 e. The molecule has 1 heterocycles. The summed E-state index contributed by atoms with van der Waals surface area (Å²) in [5, 5.41) is 11.3. The van der Waals surface area contributed by atoms with Gasteiger partial charge in [-0.05, 0) is 26.0 Å². The number of carboxylic acid groups (broad SMARTS) is 1. The number of hydrogen-bond donors (Lipinski definition) is 0. The van der Waals surface area contributed by atoms with Crippen molar-refractivity contribution in [3.8, 4) is 0 Å². The van der Waals surface area contributed by atoms with Crippen molar-refractivity contribution in [1.29, 1.82) is 0 Å². The smallest absolute Gasteiger partial charge is 0.285 e. The second-order valence-corrected chi connectivity index (χ2v) is 4.34. The molecule has 0 spiro atoms. The number of carbonyl (C=O) groups is 3. The highest BCUT2D eigenvalue weighted by Gasteiger charge is 2.40. The topological polar surface area (TPSA) is 86.7 Å². The predicted molar refractivity (Wildman–Crippen MR) is 57.1 cm³/mol. The maximum absolute atomic E-state index is 11.9. The molecule has 94 valence electrons. The average molecular weight is 248 g/mol. The SMILES string of the molecule is CC(C)(ON1C(=O)c2ccccc2C1=O)C(=O)[O-]. The zero-order valence-electron chi connectivity index (χ0n) is 9.80. The van der Waals surface area contributed by atoms with E-state index in [-0.39, 0.29) is 11.1 Å². The van der Waals surface area contributed by atoms with E-state index in [0.29, 0.717) is 5.06 Å². The molecule has 1 aromatic carbocycles. The average Bonchev–Trinajstić information content (AvgIpc) is 2.55. The minimum atomic E-state index is -1.77. The van der Waals surface area contributed by atoms with Crippen LogP contribution in [0.25, 0.3) is 0 Å². The van der Waals surface area contributed by atoms with Gasteiger partial charge in [0.05, 0.1) is 17.1 Å². The van der Waals surface area contributed by atoms with E-state index >= 15 is 0 Å². The van der Waals surface area contributed by atoms with E-state index < -0.39 is 23.4 Å². The standard InChI is InChI=1S/C12H11NO5/c1-12(2,11(16)17)18-13-9(14)7-5-3-4-6-8(7)10(13)15/h3-6H,1-2H3,(H,16,17)/p-1. The second-order valence-electron chi connectivity index (χ2n) is 4.34. The fraction of sp³-hybridized carbons (Fsp3) is 0.250. The number of hydrogen-bond acceptors (Lipinski definition) is 5. The van der Waals surface area contributed by atoms with E-state index in [1.807, 2.05) is 0 Å². The first-order valence-corrected chi connectivity index (χ1v) is 5.23. The number of benzene rings is 1. The van der Waals surface area contributed by atoms with Crippen LogP contribution < -0.4 is 5.11 Å². The molecule has 1 aliphatic rings. The van der Waals surface area contributed by atoms with Crippen molar-refractivity contribution < 1.29 is 24.3 Å². The lowest BCUT2D eigenvalue weighted by molar-refractivity contribution is -0.334. The molecule has 0 saturated carbocycles. The Hall–Kier alpha value is -2.21. The number of aliphatic carboxylic acids is 1. The molecule has 0 saturated heterocycles. The Kier molecular flexibility index (Phi) is 2.67.